The highest BCUT2D eigenvalue weighted by molar-refractivity contribution is 5.60. The van der Waals surface area contributed by atoms with E-state index >= 15 is 0 Å². The molecule has 29 heavy (non-hydrogen) atoms. The Hall–Kier alpha value is -1.90. The molecular weight excluding hydrogens is 354 g/mol. The van der Waals surface area contributed by atoms with E-state index in [1.165, 1.54) is 33.8 Å². The van der Waals surface area contributed by atoms with Gasteiger partial charge in [0.05, 0.1) is 5.69 Å². The summed E-state index contributed by atoms with van der Waals surface area (Å²) in [5.41, 5.74) is 8.72. The molecule has 160 valence electrons. The Morgan fingerprint density at radius 1 is 0.931 bits per heavy atom. The first-order chi connectivity index (χ1) is 13.4. The molecule has 0 aliphatic rings. The van der Waals surface area contributed by atoms with Gasteiger partial charge in [-0.05, 0) is 47.4 Å². The van der Waals surface area contributed by atoms with E-state index in [0.29, 0.717) is 17.8 Å². The predicted molar refractivity (Wildman–Crippen MR) is 127 cm³/mol. The highest BCUT2D eigenvalue weighted by Crippen LogP contribution is 2.42. The van der Waals surface area contributed by atoms with Crippen molar-refractivity contribution in [1.29, 1.82) is 0 Å². The molecule has 0 atom stereocenters. The van der Waals surface area contributed by atoms with Gasteiger partial charge in [-0.1, -0.05) is 62.3 Å². The molecule has 0 saturated carbocycles. The van der Waals surface area contributed by atoms with Crippen molar-refractivity contribution in [3.8, 4) is 0 Å². The van der Waals surface area contributed by atoms with Crippen LogP contribution in [0.1, 0.15) is 114 Å². The van der Waals surface area contributed by atoms with Gasteiger partial charge in [0.1, 0.15) is 0 Å². The first-order valence-electron chi connectivity index (χ1n) is 11.1. The second kappa shape index (κ2) is 8.85. The smallest absolute Gasteiger partial charge is 0.0511 e. The number of anilines is 1. The third kappa shape index (κ3) is 4.49. The number of nitrogens with zero attached hydrogens (tertiary/aromatic N) is 3. The Morgan fingerprint density at radius 2 is 1.52 bits per heavy atom. The zero-order valence-electron chi connectivity index (χ0n) is 20.5. The van der Waals surface area contributed by atoms with Crippen molar-refractivity contribution in [3.63, 3.8) is 0 Å². The number of hydrogen-bond donors (Lipinski definition) is 0. The molecule has 0 aliphatic carbocycles. The Kier molecular flexibility index (Phi) is 7.14. The van der Waals surface area contributed by atoms with Crippen molar-refractivity contribution in [2.24, 2.45) is 0 Å². The summed E-state index contributed by atoms with van der Waals surface area (Å²) in [6.07, 6.45) is 2.97. The maximum absolute atomic E-state index is 5.29. The highest BCUT2D eigenvalue weighted by atomic mass is 15.1. The van der Waals surface area contributed by atoms with Crippen LogP contribution in [0.3, 0.4) is 0 Å². The van der Waals surface area contributed by atoms with E-state index in [0.717, 1.165) is 12.1 Å². The topological polar surface area (TPSA) is 29.0 Å². The summed E-state index contributed by atoms with van der Waals surface area (Å²) < 4.78 is 0. The van der Waals surface area contributed by atoms with Gasteiger partial charge in [0.15, 0.2) is 0 Å². The molecular formula is C26H41N3. The number of aromatic nitrogens is 2. The van der Waals surface area contributed by atoms with Crippen LogP contribution in [-0.2, 0) is 11.8 Å². The summed E-state index contributed by atoms with van der Waals surface area (Å²) in [6.45, 7) is 20.4. The lowest BCUT2D eigenvalue weighted by atomic mass is 9.75. The SMILES string of the molecule is CCc1c(C(C)C)cc(C(C)(C)c2c(N(C)C)ccnc2C(C)C)nc1C(C)C. The van der Waals surface area contributed by atoms with Crippen LogP contribution >= 0.6 is 0 Å². The third-order valence-electron chi connectivity index (χ3n) is 5.97. The molecule has 2 heterocycles. The second-order valence-electron chi connectivity index (χ2n) is 9.89. The van der Waals surface area contributed by atoms with E-state index in [9.17, 15) is 0 Å². The summed E-state index contributed by atoms with van der Waals surface area (Å²) in [4.78, 5) is 12.3. The lowest BCUT2D eigenvalue weighted by molar-refractivity contribution is 0.583. The lowest BCUT2D eigenvalue weighted by Crippen LogP contribution is -2.28. The normalized spacial score (nSPS) is 12.3. The minimum atomic E-state index is -0.243. The third-order valence-corrected chi connectivity index (χ3v) is 5.97. The number of rotatable bonds is 7. The molecule has 3 nitrogen and oxygen atoms in total. The largest absolute Gasteiger partial charge is 0.377 e. The van der Waals surface area contributed by atoms with Gasteiger partial charge in [0.2, 0.25) is 0 Å². The maximum Gasteiger partial charge on any atom is 0.0511 e. The van der Waals surface area contributed by atoms with E-state index in [1.54, 1.807) is 0 Å². The Bertz CT molecular complexity index is 790. The number of hydrogen-bond acceptors (Lipinski definition) is 3. The molecule has 0 fully saturated rings. The van der Waals surface area contributed by atoms with Crippen LogP contribution in [0.15, 0.2) is 18.3 Å². The first kappa shape index (κ1) is 23.4. The van der Waals surface area contributed by atoms with E-state index in [1.807, 2.05) is 6.20 Å². The van der Waals surface area contributed by atoms with Crippen LogP contribution in [0.5, 0.6) is 0 Å². The summed E-state index contributed by atoms with van der Waals surface area (Å²) in [7, 11) is 4.23. The van der Waals surface area contributed by atoms with Crippen molar-refractivity contribution in [2.45, 2.75) is 91.9 Å². The van der Waals surface area contributed by atoms with Gasteiger partial charge in [0, 0.05) is 48.3 Å². The molecule has 2 aromatic heterocycles. The average Bonchev–Trinajstić information content (AvgIpc) is 2.65. The van der Waals surface area contributed by atoms with E-state index < -0.39 is 0 Å². The molecule has 0 aliphatic heterocycles. The molecule has 0 spiro atoms. The van der Waals surface area contributed by atoms with E-state index in [4.69, 9.17) is 9.97 Å². The van der Waals surface area contributed by atoms with Crippen LogP contribution in [0.4, 0.5) is 5.69 Å². The van der Waals surface area contributed by atoms with Crippen molar-refractivity contribution in [1.82, 2.24) is 9.97 Å². The van der Waals surface area contributed by atoms with Gasteiger partial charge in [-0.25, -0.2) is 0 Å². The predicted octanol–water partition coefficient (Wildman–Crippen LogP) is 6.80. The summed E-state index contributed by atoms with van der Waals surface area (Å²) in [6, 6.07) is 4.50. The fourth-order valence-electron chi connectivity index (χ4n) is 4.36. The zero-order chi connectivity index (χ0) is 22.1. The standard InChI is InChI=1S/C26H41N3/c1-12-19-20(16(2)3)15-22(28-24(19)17(4)5)26(8,9)23-21(29(10)11)13-14-27-25(23)18(6)7/h13-18H,12H2,1-11H3. The van der Waals surface area contributed by atoms with Crippen molar-refractivity contribution < 1.29 is 0 Å². The molecule has 0 amide bonds. The van der Waals surface area contributed by atoms with Gasteiger partial charge < -0.3 is 4.90 Å². The fraction of sp³-hybridized carbons (Fsp3) is 0.615. The Balaban J connectivity index is 2.87. The van der Waals surface area contributed by atoms with Crippen molar-refractivity contribution >= 4 is 5.69 Å². The van der Waals surface area contributed by atoms with Gasteiger partial charge in [-0.15, -0.1) is 0 Å². The minimum Gasteiger partial charge on any atom is -0.377 e. The van der Waals surface area contributed by atoms with Crippen LogP contribution in [-0.4, -0.2) is 24.1 Å². The lowest BCUT2D eigenvalue weighted by Gasteiger charge is -2.34. The van der Waals surface area contributed by atoms with Gasteiger partial charge >= 0.3 is 0 Å². The van der Waals surface area contributed by atoms with Crippen LogP contribution in [0, 0.1) is 0 Å². The molecule has 2 rings (SSSR count). The Morgan fingerprint density at radius 3 is 1.97 bits per heavy atom. The minimum absolute atomic E-state index is 0.243. The molecule has 2 aromatic rings. The van der Waals surface area contributed by atoms with Gasteiger partial charge in [-0.3, -0.25) is 9.97 Å². The quantitative estimate of drug-likeness (QED) is 0.516. The summed E-state index contributed by atoms with van der Waals surface area (Å²) >= 11 is 0. The van der Waals surface area contributed by atoms with E-state index in [-0.39, 0.29) is 5.41 Å². The molecule has 0 unspecified atom stereocenters. The summed E-state index contributed by atoms with van der Waals surface area (Å²) in [5.74, 6) is 1.24. The maximum atomic E-state index is 5.29. The monoisotopic (exact) mass is 395 g/mol. The van der Waals surface area contributed by atoms with Crippen LogP contribution < -0.4 is 4.90 Å². The fourth-order valence-corrected chi connectivity index (χ4v) is 4.36. The molecule has 3 heteroatoms. The van der Waals surface area contributed by atoms with Crippen LogP contribution in [0.2, 0.25) is 0 Å². The second-order valence-corrected chi connectivity index (χ2v) is 9.89. The van der Waals surface area contributed by atoms with Gasteiger partial charge in [0.25, 0.3) is 0 Å². The number of pyridine rings is 2. The Labute approximate surface area is 179 Å². The van der Waals surface area contributed by atoms with Crippen molar-refractivity contribution in [2.75, 3.05) is 19.0 Å². The molecule has 0 saturated heterocycles. The van der Waals surface area contributed by atoms with Crippen LogP contribution in [0.25, 0.3) is 0 Å². The summed E-state index contributed by atoms with van der Waals surface area (Å²) in [5, 5.41) is 0. The van der Waals surface area contributed by atoms with Crippen molar-refractivity contribution in [3.05, 3.63) is 52.1 Å². The molecule has 0 N–H and O–H groups in total. The average molecular weight is 396 g/mol. The molecule has 0 aromatic carbocycles. The first-order valence-corrected chi connectivity index (χ1v) is 11.1. The van der Waals surface area contributed by atoms with E-state index in [2.05, 4.69) is 93.4 Å². The highest BCUT2D eigenvalue weighted by Gasteiger charge is 2.34. The van der Waals surface area contributed by atoms with Gasteiger partial charge in [-0.2, -0.15) is 0 Å². The molecule has 0 radical (unpaired) electrons. The molecule has 0 bridgehead atoms. The zero-order valence-corrected chi connectivity index (χ0v) is 20.5.